The number of hydrogen-bond acceptors (Lipinski definition) is 2. The van der Waals surface area contributed by atoms with Crippen LogP contribution in [0.15, 0.2) is 18.2 Å². The van der Waals surface area contributed by atoms with Crippen molar-refractivity contribution in [2.24, 2.45) is 5.92 Å². The summed E-state index contributed by atoms with van der Waals surface area (Å²) in [5.41, 5.74) is 1.96. The van der Waals surface area contributed by atoms with E-state index >= 15 is 0 Å². The summed E-state index contributed by atoms with van der Waals surface area (Å²) in [6.07, 6.45) is 5.07. The summed E-state index contributed by atoms with van der Waals surface area (Å²) < 4.78 is 14.4. The maximum atomic E-state index is 14.4. The van der Waals surface area contributed by atoms with Gasteiger partial charge in [-0.2, -0.15) is 0 Å². The molecule has 1 N–H and O–H groups in total. The van der Waals surface area contributed by atoms with E-state index in [-0.39, 0.29) is 5.82 Å². The summed E-state index contributed by atoms with van der Waals surface area (Å²) in [5.74, 6) is 0.738. The molecule has 0 aliphatic heterocycles. The molecule has 0 radical (unpaired) electrons. The zero-order valence-corrected chi connectivity index (χ0v) is 12.5. The highest BCUT2D eigenvalue weighted by molar-refractivity contribution is 5.56. The standard InChI is InChI=1S/C17H25FN2/c1-12(2)19-10-14-4-3-5-16(18)17(14)20(15-8-9-15)11-13-6-7-13/h3-5,12-13,15,19H,6-11H2,1-2H3. The van der Waals surface area contributed by atoms with Crippen molar-refractivity contribution in [3.05, 3.63) is 29.6 Å². The van der Waals surface area contributed by atoms with E-state index in [1.807, 2.05) is 6.07 Å². The Hall–Kier alpha value is -1.09. The minimum Gasteiger partial charge on any atom is -0.366 e. The van der Waals surface area contributed by atoms with Gasteiger partial charge in [0.15, 0.2) is 0 Å². The van der Waals surface area contributed by atoms with Gasteiger partial charge in [-0.05, 0) is 43.2 Å². The van der Waals surface area contributed by atoms with Crippen LogP contribution >= 0.6 is 0 Å². The first-order chi connectivity index (χ1) is 9.65. The van der Waals surface area contributed by atoms with Crippen LogP contribution in [0, 0.1) is 11.7 Å². The Labute approximate surface area is 121 Å². The number of nitrogens with one attached hydrogen (secondary N) is 1. The molecule has 0 bridgehead atoms. The first-order valence-electron chi connectivity index (χ1n) is 7.92. The van der Waals surface area contributed by atoms with Crippen LogP contribution in [-0.2, 0) is 6.54 Å². The number of rotatable bonds is 7. The number of hydrogen-bond donors (Lipinski definition) is 1. The Kier molecular flexibility index (Phi) is 3.97. The van der Waals surface area contributed by atoms with E-state index in [9.17, 15) is 4.39 Å². The molecule has 1 aromatic rings. The summed E-state index contributed by atoms with van der Waals surface area (Å²) >= 11 is 0. The normalized spacial score (nSPS) is 18.6. The van der Waals surface area contributed by atoms with Gasteiger partial charge >= 0.3 is 0 Å². The third-order valence-corrected chi connectivity index (χ3v) is 4.20. The van der Waals surface area contributed by atoms with Crippen molar-refractivity contribution >= 4 is 5.69 Å². The zero-order valence-electron chi connectivity index (χ0n) is 12.5. The molecule has 3 rings (SSSR count). The minimum atomic E-state index is -0.0550. The average Bonchev–Trinajstić information content (AvgIpc) is 3.26. The van der Waals surface area contributed by atoms with Gasteiger partial charge in [0.05, 0.1) is 5.69 Å². The van der Waals surface area contributed by atoms with Crippen molar-refractivity contribution in [2.45, 2.75) is 58.2 Å². The van der Waals surface area contributed by atoms with Crippen LogP contribution in [0.25, 0.3) is 0 Å². The molecule has 0 spiro atoms. The second kappa shape index (κ2) is 5.72. The van der Waals surface area contributed by atoms with Crippen molar-refractivity contribution in [2.75, 3.05) is 11.4 Å². The predicted molar refractivity (Wildman–Crippen MR) is 81.5 cm³/mol. The van der Waals surface area contributed by atoms with Crippen LogP contribution in [0.5, 0.6) is 0 Å². The summed E-state index contributed by atoms with van der Waals surface area (Å²) in [7, 11) is 0. The Bertz CT molecular complexity index is 464. The molecule has 0 unspecified atom stereocenters. The van der Waals surface area contributed by atoms with Gasteiger partial charge in [0, 0.05) is 25.2 Å². The summed E-state index contributed by atoms with van der Waals surface area (Å²) in [6, 6.07) is 6.50. The van der Waals surface area contributed by atoms with Gasteiger partial charge in [0.1, 0.15) is 5.82 Å². The molecular formula is C17H25FN2. The van der Waals surface area contributed by atoms with Crippen LogP contribution in [0.4, 0.5) is 10.1 Å². The lowest BCUT2D eigenvalue weighted by Gasteiger charge is -2.28. The molecule has 0 atom stereocenters. The number of para-hydroxylation sites is 1. The smallest absolute Gasteiger partial charge is 0.146 e. The highest BCUT2D eigenvalue weighted by Crippen LogP contribution is 2.39. The van der Waals surface area contributed by atoms with E-state index < -0.39 is 0 Å². The largest absolute Gasteiger partial charge is 0.366 e. The van der Waals surface area contributed by atoms with Crippen molar-refractivity contribution in [1.82, 2.24) is 5.32 Å². The molecule has 2 saturated carbocycles. The summed E-state index contributed by atoms with van der Waals surface area (Å²) in [4.78, 5) is 2.35. The molecule has 3 heteroatoms. The lowest BCUT2D eigenvalue weighted by Crippen LogP contribution is -2.31. The van der Waals surface area contributed by atoms with Gasteiger partial charge in [0.2, 0.25) is 0 Å². The van der Waals surface area contributed by atoms with Gasteiger partial charge in [-0.25, -0.2) is 4.39 Å². The van der Waals surface area contributed by atoms with E-state index in [0.717, 1.165) is 30.3 Å². The van der Waals surface area contributed by atoms with E-state index in [0.29, 0.717) is 12.1 Å². The maximum absolute atomic E-state index is 14.4. The molecule has 0 amide bonds. The van der Waals surface area contributed by atoms with Crippen molar-refractivity contribution in [1.29, 1.82) is 0 Å². The third kappa shape index (κ3) is 3.32. The number of anilines is 1. The Balaban J connectivity index is 1.84. The van der Waals surface area contributed by atoms with Gasteiger partial charge in [-0.15, -0.1) is 0 Å². The van der Waals surface area contributed by atoms with E-state index in [1.165, 1.54) is 25.7 Å². The van der Waals surface area contributed by atoms with E-state index in [1.54, 1.807) is 6.07 Å². The van der Waals surface area contributed by atoms with Gasteiger partial charge in [0.25, 0.3) is 0 Å². The topological polar surface area (TPSA) is 15.3 Å². The minimum absolute atomic E-state index is 0.0550. The van der Waals surface area contributed by atoms with Crippen molar-refractivity contribution in [3.63, 3.8) is 0 Å². The van der Waals surface area contributed by atoms with Crippen molar-refractivity contribution < 1.29 is 4.39 Å². The lowest BCUT2D eigenvalue weighted by atomic mass is 10.1. The predicted octanol–water partition coefficient (Wildman–Crippen LogP) is 3.70. The van der Waals surface area contributed by atoms with Crippen LogP contribution in [0.3, 0.4) is 0 Å². The molecule has 2 aliphatic rings. The Morgan fingerprint density at radius 2 is 2.00 bits per heavy atom. The molecule has 1 aromatic carbocycles. The highest BCUT2D eigenvalue weighted by Gasteiger charge is 2.35. The SMILES string of the molecule is CC(C)NCc1cccc(F)c1N(CC1CC1)C1CC1. The zero-order chi connectivity index (χ0) is 14.1. The fourth-order valence-electron chi connectivity index (χ4n) is 2.73. The van der Waals surface area contributed by atoms with Gasteiger partial charge < -0.3 is 10.2 Å². The summed E-state index contributed by atoms with van der Waals surface area (Å²) in [5, 5.41) is 3.42. The molecule has 0 aromatic heterocycles. The molecule has 20 heavy (non-hydrogen) atoms. The number of halogens is 1. The fourth-order valence-corrected chi connectivity index (χ4v) is 2.73. The molecule has 2 aliphatic carbocycles. The second-order valence-electron chi connectivity index (χ2n) is 6.61. The van der Waals surface area contributed by atoms with Crippen LogP contribution in [-0.4, -0.2) is 18.6 Å². The van der Waals surface area contributed by atoms with Gasteiger partial charge in [-0.1, -0.05) is 26.0 Å². The second-order valence-corrected chi connectivity index (χ2v) is 6.61. The number of benzene rings is 1. The van der Waals surface area contributed by atoms with E-state index in [2.05, 4.69) is 30.1 Å². The Morgan fingerprint density at radius 3 is 2.60 bits per heavy atom. The molecule has 2 fully saturated rings. The van der Waals surface area contributed by atoms with Crippen LogP contribution in [0.2, 0.25) is 0 Å². The van der Waals surface area contributed by atoms with E-state index in [4.69, 9.17) is 0 Å². The molecule has 0 saturated heterocycles. The maximum Gasteiger partial charge on any atom is 0.146 e. The first-order valence-corrected chi connectivity index (χ1v) is 7.92. The Morgan fingerprint density at radius 1 is 1.25 bits per heavy atom. The third-order valence-electron chi connectivity index (χ3n) is 4.20. The van der Waals surface area contributed by atoms with Crippen LogP contribution < -0.4 is 10.2 Å². The first kappa shape index (κ1) is 13.9. The fraction of sp³-hybridized carbons (Fsp3) is 0.647. The number of nitrogens with zero attached hydrogens (tertiary/aromatic N) is 1. The molecule has 0 heterocycles. The lowest BCUT2D eigenvalue weighted by molar-refractivity contribution is 0.574. The van der Waals surface area contributed by atoms with Gasteiger partial charge in [-0.3, -0.25) is 0 Å². The molecule has 2 nitrogen and oxygen atoms in total. The average molecular weight is 276 g/mol. The van der Waals surface area contributed by atoms with Crippen LogP contribution in [0.1, 0.15) is 45.1 Å². The molecular weight excluding hydrogens is 251 g/mol. The monoisotopic (exact) mass is 276 g/mol. The van der Waals surface area contributed by atoms with Crippen molar-refractivity contribution in [3.8, 4) is 0 Å². The highest BCUT2D eigenvalue weighted by atomic mass is 19.1. The quantitative estimate of drug-likeness (QED) is 0.817. The molecule has 110 valence electrons. The summed E-state index contributed by atoms with van der Waals surface area (Å²) in [6.45, 7) is 6.04.